The molecule has 2 aromatic carbocycles. The Labute approximate surface area is 145 Å². The Hall–Kier alpha value is -2.80. The van der Waals surface area contributed by atoms with Crippen molar-refractivity contribution in [3.63, 3.8) is 0 Å². The summed E-state index contributed by atoms with van der Waals surface area (Å²) in [4.78, 5) is 0. The van der Waals surface area contributed by atoms with E-state index in [1.54, 1.807) is 24.3 Å². The minimum atomic E-state index is 0.223. The Balaban J connectivity index is 1.52. The van der Waals surface area contributed by atoms with Gasteiger partial charge in [0.15, 0.2) is 16.6 Å². The van der Waals surface area contributed by atoms with Gasteiger partial charge in [-0.1, -0.05) is 6.07 Å². The molecule has 0 aromatic heterocycles. The van der Waals surface area contributed by atoms with E-state index in [-0.39, 0.29) is 12.5 Å². The zero-order valence-corrected chi connectivity index (χ0v) is 13.9. The minimum absolute atomic E-state index is 0.223. The summed E-state index contributed by atoms with van der Waals surface area (Å²) in [5.41, 5.74) is 5.51. The number of phenols is 1. The highest BCUT2D eigenvalue weighted by atomic mass is 32.1. The molecule has 0 aliphatic carbocycles. The van der Waals surface area contributed by atoms with Crippen molar-refractivity contribution in [2.45, 2.75) is 13.5 Å². The predicted octanol–water partition coefficient (Wildman–Crippen LogP) is 2.51. The SMILES string of the molecule is C/C(=N\NC(=S)NCc1ccc2c(c1)OCO2)c1ccc(O)cc1. The number of phenolic OH excluding ortho intramolecular Hbond substituents is 1. The van der Waals surface area contributed by atoms with E-state index >= 15 is 0 Å². The summed E-state index contributed by atoms with van der Waals surface area (Å²) in [6.07, 6.45) is 0. The van der Waals surface area contributed by atoms with Gasteiger partial charge in [0, 0.05) is 6.54 Å². The van der Waals surface area contributed by atoms with Crippen molar-refractivity contribution in [1.29, 1.82) is 0 Å². The zero-order chi connectivity index (χ0) is 16.9. The molecule has 2 aromatic rings. The Kier molecular flexibility index (Phi) is 4.81. The van der Waals surface area contributed by atoms with Crippen molar-refractivity contribution in [2.75, 3.05) is 6.79 Å². The van der Waals surface area contributed by atoms with E-state index in [2.05, 4.69) is 15.8 Å². The minimum Gasteiger partial charge on any atom is -0.508 e. The van der Waals surface area contributed by atoms with Crippen molar-refractivity contribution in [1.82, 2.24) is 10.7 Å². The summed E-state index contributed by atoms with van der Waals surface area (Å²) in [7, 11) is 0. The highest BCUT2D eigenvalue weighted by Crippen LogP contribution is 2.32. The molecule has 0 bridgehead atoms. The number of thiocarbonyl (C=S) groups is 1. The van der Waals surface area contributed by atoms with Gasteiger partial charge < -0.3 is 19.9 Å². The summed E-state index contributed by atoms with van der Waals surface area (Å²) >= 11 is 5.22. The molecule has 0 atom stereocenters. The van der Waals surface area contributed by atoms with E-state index < -0.39 is 0 Å². The molecule has 7 heteroatoms. The summed E-state index contributed by atoms with van der Waals surface area (Å²) in [5.74, 6) is 1.73. The number of hydrazone groups is 1. The van der Waals surface area contributed by atoms with Gasteiger partial charge in [0.05, 0.1) is 5.71 Å². The molecular weight excluding hydrogens is 326 g/mol. The topological polar surface area (TPSA) is 75.1 Å². The number of ether oxygens (including phenoxy) is 2. The van der Waals surface area contributed by atoms with Crippen LogP contribution in [0.3, 0.4) is 0 Å². The first-order valence-corrected chi connectivity index (χ1v) is 7.79. The number of aromatic hydroxyl groups is 1. The molecule has 24 heavy (non-hydrogen) atoms. The van der Waals surface area contributed by atoms with E-state index in [4.69, 9.17) is 21.7 Å². The quantitative estimate of drug-likeness (QED) is 0.450. The van der Waals surface area contributed by atoms with Gasteiger partial charge in [-0.2, -0.15) is 5.10 Å². The van der Waals surface area contributed by atoms with Crippen LogP contribution in [-0.2, 0) is 6.54 Å². The van der Waals surface area contributed by atoms with Gasteiger partial charge in [0.1, 0.15) is 5.75 Å². The molecule has 1 aliphatic rings. The molecule has 1 heterocycles. The van der Waals surface area contributed by atoms with E-state index in [1.165, 1.54) is 0 Å². The molecule has 1 aliphatic heterocycles. The number of fused-ring (bicyclic) bond motifs is 1. The van der Waals surface area contributed by atoms with Crippen molar-refractivity contribution >= 4 is 23.0 Å². The van der Waals surface area contributed by atoms with Crippen LogP contribution in [0.5, 0.6) is 17.2 Å². The lowest BCUT2D eigenvalue weighted by Gasteiger charge is -2.09. The van der Waals surface area contributed by atoms with Gasteiger partial charge in [-0.3, -0.25) is 5.43 Å². The van der Waals surface area contributed by atoms with Crippen molar-refractivity contribution in [3.05, 3.63) is 53.6 Å². The smallest absolute Gasteiger partial charge is 0.231 e. The highest BCUT2D eigenvalue weighted by Gasteiger charge is 2.13. The second kappa shape index (κ2) is 7.18. The maximum atomic E-state index is 9.29. The summed E-state index contributed by atoms with van der Waals surface area (Å²) in [5, 5.41) is 17.0. The molecule has 3 N–H and O–H groups in total. The Morgan fingerprint density at radius 2 is 1.92 bits per heavy atom. The highest BCUT2D eigenvalue weighted by molar-refractivity contribution is 7.80. The maximum absolute atomic E-state index is 9.29. The van der Waals surface area contributed by atoms with Crippen LogP contribution in [0.15, 0.2) is 47.6 Å². The number of rotatable bonds is 4. The monoisotopic (exact) mass is 343 g/mol. The number of nitrogens with zero attached hydrogens (tertiary/aromatic N) is 1. The summed E-state index contributed by atoms with van der Waals surface area (Å²) in [6, 6.07) is 12.6. The molecule has 0 saturated carbocycles. The van der Waals surface area contributed by atoms with Crippen LogP contribution < -0.4 is 20.2 Å². The maximum Gasteiger partial charge on any atom is 0.231 e. The van der Waals surface area contributed by atoms with E-state index in [9.17, 15) is 5.11 Å². The average molecular weight is 343 g/mol. The molecule has 0 fully saturated rings. The van der Waals surface area contributed by atoms with Crippen molar-refractivity contribution in [3.8, 4) is 17.2 Å². The average Bonchev–Trinajstić information content (AvgIpc) is 3.06. The van der Waals surface area contributed by atoms with Gasteiger partial charge in [-0.05, 0) is 66.7 Å². The fourth-order valence-electron chi connectivity index (χ4n) is 2.17. The van der Waals surface area contributed by atoms with E-state index in [0.29, 0.717) is 11.7 Å². The zero-order valence-electron chi connectivity index (χ0n) is 13.1. The molecule has 0 amide bonds. The molecule has 0 saturated heterocycles. The number of hydrogen-bond acceptors (Lipinski definition) is 5. The Morgan fingerprint density at radius 3 is 2.71 bits per heavy atom. The Bertz CT molecular complexity index is 775. The van der Waals surface area contributed by atoms with Crippen LogP contribution in [0.25, 0.3) is 0 Å². The first-order chi connectivity index (χ1) is 11.6. The van der Waals surface area contributed by atoms with Crippen LogP contribution >= 0.6 is 12.2 Å². The standard InChI is InChI=1S/C17H17N3O3S/c1-11(13-3-5-14(21)6-4-13)19-20-17(24)18-9-12-2-7-15-16(8-12)23-10-22-15/h2-8,21H,9-10H2,1H3,(H2,18,20,24)/b19-11+. The van der Waals surface area contributed by atoms with Gasteiger partial charge in [-0.15, -0.1) is 0 Å². The molecule has 124 valence electrons. The lowest BCUT2D eigenvalue weighted by atomic mass is 10.1. The van der Waals surface area contributed by atoms with Crippen molar-refractivity contribution < 1.29 is 14.6 Å². The summed E-state index contributed by atoms with van der Waals surface area (Å²) in [6.45, 7) is 2.67. The van der Waals surface area contributed by atoms with Crippen LogP contribution in [0, 0.1) is 0 Å². The lowest BCUT2D eigenvalue weighted by Crippen LogP contribution is -2.32. The molecule has 0 spiro atoms. The fourth-order valence-corrected chi connectivity index (χ4v) is 2.29. The van der Waals surface area contributed by atoms with E-state index in [0.717, 1.165) is 28.3 Å². The van der Waals surface area contributed by atoms with Crippen molar-refractivity contribution in [2.24, 2.45) is 5.10 Å². The first-order valence-electron chi connectivity index (χ1n) is 7.38. The number of benzene rings is 2. The third-order valence-corrected chi connectivity index (χ3v) is 3.74. The second-order valence-electron chi connectivity index (χ2n) is 5.23. The van der Waals surface area contributed by atoms with Gasteiger partial charge in [0.25, 0.3) is 0 Å². The third-order valence-electron chi connectivity index (χ3n) is 3.50. The van der Waals surface area contributed by atoms with Crippen LogP contribution in [-0.4, -0.2) is 22.7 Å². The van der Waals surface area contributed by atoms with Crippen LogP contribution in [0.4, 0.5) is 0 Å². The van der Waals surface area contributed by atoms with Crippen LogP contribution in [0.2, 0.25) is 0 Å². The molecule has 0 unspecified atom stereocenters. The van der Waals surface area contributed by atoms with Gasteiger partial charge >= 0.3 is 0 Å². The van der Waals surface area contributed by atoms with Gasteiger partial charge in [-0.25, -0.2) is 0 Å². The molecule has 6 nitrogen and oxygen atoms in total. The second-order valence-corrected chi connectivity index (χ2v) is 5.63. The first kappa shape index (κ1) is 16.1. The van der Waals surface area contributed by atoms with Crippen LogP contribution in [0.1, 0.15) is 18.1 Å². The largest absolute Gasteiger partial charge is 0.508 e. The Morgan fingerprint density at radius 1 is 1.17 bits per heavy atom. The normalized spacial score (nSPS) is 12.8. The lowest BCUT2D eigenvalue weighted by molar-refractivity contribution is 0.174. The molecule has 0 radical (unpaired) electrons. The number of hydrogen-bond donors (Lipinski definition) is 3. The number of nitrogens with one attached hydrogen (secondary N) is 2. The van der Waals surface area contributed by atoms with E-state index in [1.807, 2.05) is 25.1 Å². The predicted molar refractivity (Wildman–Crippen MR) is 95.5 cm³/mol. The summed E-state index contributed by atoms with van der Waals surface area (Å²) < 4.78 is 10.6. The van der Waals surface area contributed by atoms with Gasteiger partial charge in [0.2, 0.25) is 6.79 Å². The third kappa shape index (κ3) is 3.94. The molecule has 3 rings (SSSR count). The molecular formula is C17H17N3O3S. The fraction of sp³-hybridized carbons (Fsp3) is 0.176.